The van der Waals surface area contributed by atoms with E-state index in [-0.39, 0.29) is 18.2 Å². The number of aliphatic hydroxyl groups is 1. The minimum atomic E-state index is -0.801. The van der Waals surface area contributed by atoms with Gasteiger partial charge in [0.05, 0.1) is 17.5 Å². The molecule has 0 aliphatic carbocycles. The lowest BCUT2D eigenvalue weighted by Crippen LogP contribution is -2.29. The molecule has 2 aromatic carbocycles. The van der Waals surface area contributed by atoms with Crippen molar-refractivity contribution in [3.05, 3.63) is 70.0 Å². The molecule has 0 saturated heterocycles. The van der Waals surface area contributed by atoms with Gasteiger partial charge in [-0.25, -0.2) is 0 Å². The van der Waals surface area contributed by atoms with Gasteiger partial charge in [-0.1, -0.05) is 53.2 Å². The Morgan fingerprint density at radius 2 is 2.00 bits per heavy atom. The van der Waals surface area contributed by atoms with E-state index >= 15 is 0 Å². The summed E-state index contributed by atoms with van der Waals surface area (Å²) in [4.78, 5) is 12.1. The van der Waals surface area contributed by atoms with Crippen molar-refractivity contribution < 1.29 is 9.90 Å². The standard InChI is InChI=1S/C19H18Cl2N4O2S/c1-12-2-7-15(8-16(12)21)25-11-23-24-19(25)28-10-18(27)22-9-17(26)13-3-5-14(20)6-4-13/h2-8,11,17,26H,9-10H2,1H3,(H,22,27). The number of nitrogens with zero attached hydrogens (tertiary/aromatic N) is 3. The largest absolute Gasteiger partial charge is 0.387 e. The third kappa shape index (κ3) is 5.26. The third-order valence-electron chi connectivity index (χ3n) is 4.03. The van der Waals surface area contributed by atoms with Crippen LogP contribution in [0.3, 0.4) is 0 Å². The summed E-state index contributed by atoms with van der Waals surface area (Å²) >= 11 is 13.3. The molecular weight excluding hydrogens is 419 g/mol. The molecule has 0 aliphatic heterocycles. The SMILES string of the molecule is Cc1ccc(-n2cnnc2SCC(=O)NCC(O)c2ccc(Cl)cc2)cc1Cl. The molecule has 146 valence electrons. The van der Waals surface area contributed by atoms with E-state index in [0.29, 0.717) is 20.8 Å². The summed E-state index contributed by atoms with van der Waals surface area (Å²) in [5.74, 6) is -0.0690. The summed E-state index contributed by atoms with van der Waals surface area (Å²) in [5.41, 5.74) is 2.49. The molecule has 9 heteroatoms. The molecular formula is C19H18Cl2N4O2S. The predicted molar refractivity (Wildman–Crippen MR) is 111 cm³/mol. The summed E-state index contributed by atoms with van der Waals surface area (Å²) in [6, 6.07) is 12.5. The van der Waals surface area contributed by atoms with E-state index in [1.807, 2.05) is 25.1 Å². The van der Waals surface area contributed by atoms with Gasteiger partial charge in [0.25, 0.3) is 0 Å². The van der Waals surface area contributed by atoms with Crippen LogP contribution in [0.4, 0.5) is 0 Å². The van der Waals surface area contributed by atoms with Gasteiger partial charge in [-0.05, 0) is 42.3 Å². The first-order valence-corrected chi connectivity index (χ1v) is 10.2. The summed E-state index contributed by atoms with van der Waals surface area (Å²) in [5, 5.41) is 22.7. The number of benzene rings is 2. The number of hydrogen-bond acceptors (Lipinski definition) is 5. The van der Waals surface area contributed by atoms with Gasteiger partial charge in [0.2, 0.25) is 5.91 Å². The van der Waals surface area contributed by atoms with Crippen LogP contribution in [-0.4, -0.2) is 38.1 Å². The third-order valence-corrected chi connectivity index (χ3v) is 5.63. The summed E-state index contributed by atoms with van der Waals surface area (Å²) in [7, 11) is 0. The van der Waals surface area contributed by atoms with E-state index in [9.17, 15) is 9.90 Å². The molecule has 1 atom stereocenters. The van der Waals surface area contributed by atoms with Gasteiger partial charge in [-0.3, -0.25) is 9.36 Å². The number of carbonyl (C=O) groups excluding carboxylic acids is 1. The fourth-order valence-electron chi connectivity index (χ4n) is 2.43. The van der Waals surface area contributed by atoms with Gasteiger partial charge in [-0.15, -0.1) is 10.2 Å². The van der Waals surface area contributed by atoms with Crippen LogP contribution in [0.15, 0.2) is 53.9 Å². The quantitative estimate of drug-likeness (QED) is 0.550. The molecule has 0 saturated carbocycles. The first kappa shape index (κ1) is 20.7. The average molecular weight is 437 g/mol. The lowest BCUT2D eigenvalue weighted by atomic mass is 10.1. The Morgan fingerprint density at radius 1 is 1.25 bits per heavy atom. The Balaban J connectivity index is 1.54. The molecule has 1 heterocycles. The van der Waals surface area contributed by atoms with Gasteiger partial charge >= 0.3 is 0 Å². The van der Waals surface area contributed by atoms with Crippen molar-refractivity contribution in [2.45, 2.75) is 18.2 Å². The molecule has 3 aromatic rings. The van der Waals surface area contributed by atoms with Crippen molar-refractivity contribution in [3.8, 4) is 5.69 Å². The monoisotopic (exact) mass is 436 g/mol. The normalized spacial score (nSPS) is 12.0. The number of aromatic nitrogens is 3. The molecule has 0 aliphatic rings. The summed E-state index contributed by atoms with van der Waals surface area (Å²) in [6.07, 6.45) is 0.774. The Morgan fingerprint density at radius 3 is 2.71 bits per heavy atom. The molecule has 6 nitrogen and oxygen atoms in total. The predicted octanol–water partition coefficient (Wildman–Crippen LogP) is 3.82. The first-order chi connectivity index (χ1) is 13.4. The van der Waals surface area contributed by atoms with E-state index in [0.717, 1.165) is 11.3 Å². The number of rotatable bonds is 7. The van der Waals surface area contributed by atoms with Crippen LogP contribution in [0.25, 0.3) is 5.69 Å². The van der Waals surface area contributed by atoms with E-state index in [2.05, 4.69) is 15.5 Å². The van der Waals surface area contributed by atoms with E-state index in [1.165, 1.54) is 11.8 Å². The van der Waals surface area contributed by atoms with Crippen molar-refractivity contribution in [2.75, 3.05) is 12.3 Å². The zero-order chi connectivity index (χ0) is 20.1. The maximum atomic E-state index is 12.1. The van der Waals surface area contributed by atoms with Crippen LogP contribution in [-0.2, 0) is 4.79 Å². The number of aryl methyl sites for hydroxylation is 1. The van der Waals surface area contributed by atoms with Gasteiger partial charge < -0.3 is 10.4 Å². The zero-order valence-electron chi connectivity index (χ0n) is 15.0. The van der Waals surface area contributed by atoms with Crippen LogP contribution in [0.5, 0.6) is 0 Å². The molecule has 2 N–H and O–H groups in total. The highest BCUT2D eigenvalue weighted by Crippen LogP contribution is 2.23. The molecule has 0 radical (unpaired) electrons. The van der Waals surface area contributed by atoms with E-state index in [4.69, 9.17) is 23.2 Å². The number of carbonyl (C=O) groups is 1. The molecule has 1 aromatic heterocycles. The summed E-state index contributed by atoms with van der Waals surface area (Å²) in [6.45, 7) is 2.04. The second-order valence-electron chi connectivity index (χ2n) is 6.08. The van der Waals surface area contributed by atoms with Crippen LogP contribution < -0.4 is 5.32 Å². The number of thioether (sulfide) groups is 1. The van der Waals surface area contributed by atoms with Crippen LogP contribution in [0.1, 0.15) is 17.2 Å². The van der Waals surface area contributed by atoms with Crippen LogP contribution in [0.2, 0.25) is 10.0 Å². The summed E-state index contributed by atoms with van der Waals surface area (Å²) < 4.78 is 1.77. The highest BCUT2D eigenvalue weighted by atomic mass is 35.5. The highest BCUT2D eigenvalue weighted by Gasteiger charge is 2.13. The average Bonchev–Trinajstić information content (AvgIpc) is 3.16. The maximum absolute atomic E-state index is 12.1. The first-order valence-electron chi connectivity index (χ1n) is 8.43. The van der Waals surface area contributed by atoms with Crippen molar-refractivity contribution in [3.63, 3.8) is 0 Å². The molecule has 0 fully saturated rings. The Kier molecular flexibility index (Phi) is 6.96. The highest BCUT2D eigenvalue weighted by molar-refractivity contribution is 7.99. The Bertz CT molecular complexity index is 963. The molecule has 0 spiro atoms. The number of nitrogens with one attached hydrogen (secondary N) is 1. The van der Waals surface area contributed by atoms with Crippen molar-refractivity contribution in [2.24, 2.45) is 0 Å². The molecule has 0 bridgehead atoms. The zero-order valence-corrected chi connectivity index (χ0v) is 17.3. The molecule has 1 unspecified atom stereocenters. The fourth-order valence-corrected chi connectivity index (χ4v) is 3.49. The second kappa shape index (κ2) is 9.43. The fraction of sp³-hybridized carbons (Fsp3) is 0.211. The second-order valence-corrected chi connectivity index (χ2v) is 7.86. The van der Waals surface area contributed by atoms with E-state index in [1.54, 1.807) is 35.2 Å². The molecule has 1 amide bonds. The lowest BCUT2D eigenvalue weighted by Gasteiger charge is -2.12. The van der Waals surface area contributed by atoms with Gasteiger partial charge in [0.1, 0.15) is 6.33 Å². The lowest BCUT2D eigenvalue weighted by molar-refractivity contribution is -0.119. The minimum absolute atomic E-state index is 0.112. The van der Waals surface area contributed by atoms with Crippen molar-refractivity contribution in [1.82, 2.24) is 20.1 Å². The number of hydrogen-bond donors (Lipinski definition) is 2. The smallest absolute Gasteiger partial charge is 0.230 e. The Labute approximate surface area is 176 Å². The Hall–Kier alpha value is -2.06. The topological polar surface area (TPSA) is 80.0 Å². The van der Waals surface area contributed by atoms with E-state index < -0.39 is 6.10 Å². The van der Waals surface area contributed by atoms with Crippen LogP contribution in [0, 0.1) is 6.92 Å². The van der Waals surface area contributed by atoms with Gasteiger partial charge in [0.15, 0.2) is 5.16 Å². The number of halogens is 2. The molecule has 28 heavy (non-hydrogen) atoms. The number of amides is 1. The van der Waals surface area contributed by atoms with Crippen LogP contribution >= 0.6 is 35.0 Å². The van der Waals surface area contributed by atoms with Gasteiger partial charge in [-0.2, -0.15) is 0 Å². The number of aliphatic hydroxyl groups excluding tert-OH is 1. The van der Waals surface area contributed by atoms with Gasteiger partial charge in [0, 0.05) is 16.6 Å². The molecule has 3 rings (SSSR count). The minimum Gasteiger partial charge on any atom is -0.387 e. The van der Waals surface area contributed by atoms with Crippen molar-refractivity contribution >= 4 is 40.9 Å². The maximum Gasteiger partial charge on any atom is 0.230 e. The van der Waals surface area contributed by atoms with Crippen molar-refractivity contribution in [1.29, 1.82) is 0 Å².